The van der Waals surface area contributed by atoms with Crippen molar-refractivity contribution in [3.05, 3.63) is 5.82 Å². The Morgan fingerprint density at radius 1 is 1.22 bits per heavy atom. The van der Waals surface area contributed by atoms with Gasteiger partial charge in [0.1, 0.15) is 0 Å². The van der Waals surface area contributed by atoms with Crippen LogP contribution in [0.5, 0.6) is 0 Å². The fourth-order valence-corrected chi connectivity index (χ4v) is 2.60. The highest BCUT2D eigenvalue weighted by Crippen LogP contribution is 2.34. The molecule has 102 valence electrons. The molecule has 1 aliphatic rings. The van der Waals surface area contributed by atoms with Gasteiger partial charge in [-0.1, -0.05) is 19.3 Å². The van der Waals surface area contributed by atoms with Crippen LogP contribution < -0.4 is 5.32 Å². The number of tetrazole rings is 1. The molecule has 5 heteroatoms. The summed E-state index contributed by atoms with van der Waals surface area (Å²) in [5.41, 5.74) is 0.195. The number of hydrogen-bond acceptors (Lipinski definition) is 4. The van der Waals surface area contributed by atoms with Crippen LogP contribution in [0.25, 0.3) is 0 Å². The number of nitrogens with one attached hydrogen (secondary N) is 1. The summed E-state index contributed by atoms with van der Waals surface area (Å²) in [6.45, 7) is 9.48. The summed E-state index contributed by atoms with van der Waals surface area (Å²) in [6.07, 6.45) is 6.26. The zero-order valence-corrected chi connectivity index (χ0v) is 12.0. The number of hydrogen-bond donors (Lipinski definition) is 1. The van der Waals surface area contributed by atoms with Crippen LogP contribution in [-0.2, 0) is 12.1 Å². The van der Waals surface area contributed by atoms with Gasteiger partial charge >= 0.3 is 0 Å². The van der Waals surface area contributed by atoms with Crippen LogP contribution in [0.2, 0.25) is 0 Å². The van der Waals surface area contributed by atoms with E-state index in [0.717, 1.165) is 12.4 Å². The third-order valence-corrected chi connectivity index (χ3v) is 3.75. The van der Waals surface area contributed by atoms with E-state index in [-0.39, 0.29) is 11.1 Å². The molecule has 0 spiro atoms. The molecule has 5 nitrogen and oxygen atoms in total. The summed E-state index contributed by atoms with van der Waals surface area (Å²) in [4.78, 5) is 0. The van der Waals surface area contributed by atoms with E-state index in [1.807, 2.05) is 4.68 Å². The predicted octanol–water partition coefficient (Wildman–Crippen LogP) is 2.24. The van der Waals surface area contributed by atoms with Crippen molar-refractivity contribution >= 4 is 0 Å². The SMILES string of the molecule is CC(C)(C)NCc1nnnn1C1(C)CCCCC1. The second-order valence-electron chi connectivity index (χ2n) is 6.67. The Kier molecular flexibility index (Phi) is 3.71. The molecule has 0 aliphatic heterocycles. The van der Waals surface area contributed by atoms with Crippen molar-refractivity contribution in [2.45, 2.75) is 77.4 Å². The van der Waals surface area contributed by atoms with Crippen molar-refractivity contribution in [3.8, 4) is 0 Å². The largest absolute Gasteiger partial charge is 0.305 e. The van der Waals surface area contributed by atoms with Crippen LogP contribution in [0.15, 0.2) is 0 Å². The Morgan fingerprint density at radius 3 is 2.50 bits per heavy atom. The van der Waals surface area contributed by atoms with Crippen molar-refractivity contribution in [2.75, 3.05) is 0 Å². The van der Waals surface area contributed by atoms with Crippen LogP contribution >= 0.6 is 0 Å². The highest BCUT2D eigenvalue weighted by atomic mass is 15.6. The minimum atomic E-state index is 0.0875. The molecule has 1 fully saturated rings. The molecule has 0 unspecified atom stereocenters. The fourth-order valence-electron chi connectivity index (χ4n) is 2.60. The van der Waals surface area contributed by atoms with Gasteiger partial charge in [-0.3, -0.25) is 0 Å². The van der Waals surface area contributed by atoms with Crippen molar-refractivity contribution in [1.82, 2.24) is 25.5 Å². The molecule has 1 aliphatic carbocycles. The van der Waals surface area contributed by atoms with E-state index in [0.29, 0.717) is 0 Å². The molecule has 1 saturated carbocycles. The number of nitrogens with zero attached hydrogens (tertiary/aromatic N) is 4. The molecule has 2 rings (SSSR count). The summed E-state index contributed by atoms with van der Waals surface area (Å²) < 4.78 is 2.05. The van der Waals surface area contributed by atoms with Gasteiger partial charge in [-0.05, 0) is 51.0 Å². The summed E-state index contributed by atoms with van der Waals surface area (Å²) in [6, 6.07) is 0. The minimum absolute atomic E-state index is 0.0875. The van der Waals surface area contributed by atoms with Crippen molar-refractivity contribution in [3.63, 3.8) is 0 Å². The van der Waals surface area contributed by atoms with Crippen LogP contribution in [0, 0.1) is 0 Å². The fraction of sp³-hybridized carbons (Fsp3) is 0.923. The molecule has 0 radical (unpaired) electrons. The number of rotatable bonds is 3. The molecule has 0 saturated heterocycles. The Bertz CT molecular complexity index is 384. The molecule has 1 aromatic heterocycles. The van der Waals surface area contributed by atoms with Gasteiger partial charge in [0.15, 0.2) is 5.82 Å². The normalized spacial score (nSPS) is 20.0. The van der Waals surface area contributed by atoms with Crippen LogP contribution in [0.1, 0.15) is 65.6 Å². The van der Waals surface area contributed by atoms with Crippen molar-refractivity contribution in [2.24, 2.45) is 0 Å². The average Bonchev–Trinajstić information content (AvgIpc) is 2.75. The molecule has 0 amide bonds. The maximum Gasteiger partial charge on any atom is 0.165 e. The van der Waals surface area contributed by atoms with E-state index in [4.69, 9.17) is 0 Å². The third-order valence-electron chi connectivity index (χ3n) is 3.75. The van der Waals surface area contributed by atoms with Crippen LogP contribution in [-0.4, -0.2) is 25.7 Å². The standard InChI is InChI=1S/C13H25N5/c1-12(2,3)14-10-11-15-16-17-18(11)13(4)8-6-5-7-9-13/h14H,5-10H2,1-4H3. The molecular weight excluding hydrogens is 226 g/mol. The summed E-state index contributed by atoms with van der Waals surface area (Å²) in [7, 11) is 0. The zero-order valence-electron chi connectivity index (χ0n) is 12.0. The lowest BCUT2D eigenvalue weighted by molar-refractivity contribution is 0.186. The quantitative estimate of drug-likeness (QED) is 0.895. The van der Waals surface area contributed by atoms with Gasteiger partial charge in [-0.2, -0.15) is 0 Å². The van der Waals surface area contributed by atoms with Gasteiger partial charge in [0.25, 0.3) is 0 Å². The third kappa shape index (κ3) is 3.07. The minimum Gasteiger partial charge on any atom is -0.305 e. The monoisotopic (exact) mass is 251 g/mol. The topological polar surface area (TPSA) is 55.6 Å². The lowest BCUT2D eigenvalue weighted by atomic mass is 9.83. The number of aromatic nitrogens is 4. The van der Waals surface area contributed by atoms with Crippen LogP contribution in [0.4, 0.5) is 0 Å². The lowest BCUT2D eigenvalue weighted by Crippen LogP contribution is -2.39. The highest BCUT2D eigenvalue weighted by Gasteiger charge is 2.32. The Balaban J connectivity index is 2.11. The molecule has 1 heterocycles. The molecule has 0 atom stereocenters. The molecule has 18 heavy (non-hydrogen) atoms. The first-order valence-corrected chi connectivity index (χ1v) is 6.94. The van der Waals surface area contributed by atoms with Gasteiger partial charge in [0.2, 0.25) is 0 Å². The van der Waals surface area contributed by atoms with E-state index in [2.05, 4.69) is 48.5 Å². The summed E-state index contributed by atoms with van der Waals surface area (Å²) >= 11 is 0. The summed E-state index contributed by atoms with van der Waals surface area (Å²) in [5.74, 6) is 0.953. The average molecular weight is 251 g/mol. The second-order valence-corrected chi connectivity index (χ2v) is 6.67. The van der Waals surface area contributed by atoms with E-state index >= 15 is 0 Å². The van der Waals surface area contributed by atoms with Gasteiger partial charge in [-0.25, -0.2) is 4.68 Å². The highest BCUT2D eigenvalue weighted by molar-refractivity contribution is 4.93. The first-order chi connectivity index (χ1) is 8.41. The molecule has 1 aromatic rings. The summed E-state index contributed by atoms with van der Waals surface area (Å²) in [5, 5.41) is 15.7. The van der Waals surface area contributed by atoms with Crippen LogP contribution in [0.3, 0.4) is 0 Å². The van der Waals surface area contributed by atoms with E-state index in [1.54, 1.807) is 0 Å². The molecule has 0 bridgehead atoms. The Hall–Kier alpha value is -0.970. The van der Waals surface area contributed by atoms with E-state index in [1.165, 1.54) is 32.1 Å². The Labute approximate surface area is 109 Å². The van der Waals surface area contributed by atoms with Crippen molar-refractivity contribution in [1.29, 1.82) is 0 Å². The predicted molar refractivity (Wildman–Crippen MR) is 71.1 cm³/mol. The first-order valence-electron chi connectivity index (χ1n) is 6.94. The maximum absolute atomic E-state index is 4.23. The maximum atomic E-state index is 4.23. The van der Waals surface area contributed by atoms with E-state index < -0.39 is 0 Å². The zero-order chi connectivity index (χ0) is 13.2. The smallest absolute Gasteiger partial charge is 0.165 e. The van der Waals surface area contributed by atoms with Gasteiger partial charge < -0.3 is 5.32 Å². The second kappa shape index (κ2) is 4.96. The molecule has 1 N–H and O–H groups in total. The van der Waals surface area contributed by atoms with Gasteiger partial charge in [-0.15, -0.1) is 5.10 Å². The lowest BCUT2D eigenvalue weighted by Gasteiger charge is -2.34. The molecule has 0 aromatic carbocycles. The van der Waals surface area contributed by atoms with Gasteiger partial charge in [0, 0.05) is 5.54 Å². The first kappa shape index (κ1) is 13.5. The Morgan fingerprint density at radius 2 is 1.89 bits per heavy atom. The van der Waals surface area contributed by atoms with Gasteiger partial charge in [0.05, 0.1) is 12.1 Å². The van der Waals surface area contributed by atoms with E-state index in [9.17, 15) is 0 Å². The molecular formula is C13H25N5. The van der Waals surface area contributed by atoms with Crippen molar-refractivity contribution < 1.29 is 0 Å².